The zero-order valence-corrected chi connectivity index (χ0v) is 15.1. The number of sulfone groups is 1. The molecule has 1 atom stereocenters. The Labute approximate surface area is 140 Å². The molecule has 0 saturated heterocycles. The highest BCUT2D eigenvalue weighted by atomic mass is 32.3. The lowest BCUT2D eigenvalue weighted by Gasteiger charge is -2.14. The van der Waals surface area contributed by atoms with Gasteiger partial charge < -0.3 is 5.73 Å². The second-order valence-corrected chi connectivity index (χ2v) is 10.00. The van der Waals surface area contributed by atoms with Gasteiger partial charge in [-0.15, -0.1) is 0 Å². The third kappa shape index (κ3) is 7.33. The van der Waals surface area contributed by atoms with Crippen LogP contribution in [0, 0.1) is 10.8 Å². The number of hydrogen-bond donors (Lipinski definition) is 3. The Morgan fingerprint density at radius 1 is 1.23 bits per heavy atom. The van der Waals surface area contributed by atoms with Crippen LogP contribution in [0.15, 0.2) is 24.3 Å². The van der Waals surface area contributed by atoms with Crippen LogP contribution in [0.1, 0.15) is 18.1 Å². The Bertz CT molecular complexity index is 627. The SMILES string of the molecule is CC(=N)S[C@@H](Cc1ccc(CCSC(=N)N)cc1)S(C)(=O)=O. The summed E-state index contributed by atoms with van der Waals surface area (Å²) in [6, 6.07) is 7.78. The van der Waals surface area contributed by atoms with Crippen molar-refractivity contribution in [2.24, 2.45) is 5.73 Å². The van der Waals surface area contributed by atoms with E-state index >= 15 is 0 Å². The molecule has 0 fully saturated rings. The van der Waals surface area contributed by atoms with E-state index in [1.165, 1.54) is 18.0 Å². The lowest BCUT2D eigenvalue weighted by molar-refractivity contribution is 0.598. The second-order valence-electron chi connectivity index (χ2n) is 4.92. The van der Waals surface area contributed by atoms with E-state index in [2.05, 4.69) is 0 Å². The van der Waals surface area contributed by atoms with Crippen LogP contribution in [-0.4, -0.2) is 35.2 Å². The summed E-state index contributed by atoms with van der Waals surface area (Å²) in [7, 11) is -3.21. The Morgan fingerprint density at radius 3 is 2.23 bits per heavy atom. The fourth-order valence-electron chi connectivity index (χ4n) is 1.79. The van der Waals surface area contributed by atoms with E-state index < -0.39 is 14.4 Å². The maximum atomic E-state index is 11.8. The first-order valence-corrected chi connectivity index (χ1v) is 10.5. The Balaban J connectivity index is 2.68. The molecule has 4 N–H and O–H groups in total. The van der Waals surface area contributed by atoms with Gasteiger partial charge in [0.1, 0.15) is 4.58 Å². The van der Waals surface area contributed by atoms with E-state index in [-0.39, 0.29) is 5.17 Å². The predicted octanol–water partition coefficient (Wildman–Crippen LogP) is 2.50. The van der Waals surface area contributed by atoms with Gasteiger partial charge in [0.05, 0.1) is 5.04 Å². The summed E-state index contributed by atoms with van der Waals surface area (Å²) in [6.45, 7) is 1.60. The normalized spacial score (nSPS) is 12.8. The van der Waals surface area contributed by atoms with Crippen molar-refractivity contribution in [2.45, 2.75) is 24.3 Å². The molecule has 8 heteroatoms. The van der Waals surface area contributed by atoms with Crippen LogP contribution in [-0.2, 0) is 22.7 Å². The summed E-state index contributed by atoms with van der Waals surface area (Å²) < 4.78 is 23.0. The van der Waals surface area contributed by atoms with Crippen LogP contribution in [0.5, 0.6) is 0 Å². The van der Waals surface area contributed by atoms with Crippen LogP contribution < -0.4 is 5.73 Å². The maximum Gasteiger partial charge on any atom is 0.160 e. The molecule has 0 aliphatic heterocycles. The topological polar surface area (TPSA) is 108 Å². The largest absolute Gasteiger partial charge is 0.379 e. The van der Waals surface area contributed by atoms with Gasteiger partial charge in [-0.05, 0) is 30.9 Å². The minimum absolute atomic E-state index is 0.117. The molecule has 1 aromatic rings. The fraction of sp³-hybridized carbons (Fsp3) is 0.429. The third-order valence-corrected chi connectivity index (χ3v) is 6.82. The van der Waals surface area contributed by atoms with Gasteiger partial charge in [-0.2, -0.15) is 0 Å². The summed E-state index contributed by atoms with van der Waals surface area (Å²) in [4.78, 5) is 0. The average Bonchev–Trinajstić information content (AvgIpc) is 2.38. The molecule has 1 aromatic carbocycles. The van der Waals surface area contributed by atoms with Crippen molar-refractivity contribution in [2.75, 3.05) is 12.0 Å². The summed E-state index contributed by atoms with van der Waals surface area (Å²) in [5.41, 5.74) is 7.35. The molecule has 0 aromatic heterocycles. The van der Waals surface area contributed by atoms with Gasteiger partial charge >= 0.3 is 0 Å². The van der Waals surface area contributed by atoms with Gasteiger partial charge in [0.15, 0.2) is 15.0 Å². The number of thioether (sulfide) groups is 2. The third-order valence-electron chi connectivity index (χ3n) is 2.86. The molecule has 0 saturated carbocycles. The first kappa shape index (κ1) is 19.1. The van der Waals surface area contributed by atoms with E-state index in [0.717, 1.165) is 35.1 Å². The van der Waals surface area contributed by atoms with Crippen molar-refractivity contribution in [1.82, 2.24) is 0 Å². The Hall–Kier alpha value is -0.990. The molecule has 122 valence electrons. The highest BCUT2D eigenvalue weighted by Gasteiger charge is 2.22. The molecule has 0 heterocycles. The van der Waals surface area contributed by atoms with Gasteiger partial charge in [0.2, 0.25) is 0 Å². The molecule has 0 bridgehead atoms. The van der Waals surface area contributed by atoms with Gasteiger partial charge in [-0.3, -0.25) is 10.8 Å². The van der Waals surface area contributed by atoms with E-state index in [1.807, 2.05) is 24.3 Å². The molecular weight excluding hydrogens is 338 g/mol. The highest BCUT2D eigenvalue weighted by Crippen LogP contribution is 2.22. The minimum Gasteiger partial charge on any atom is -0.379 e. The van der Waals surface area contributed by atoms with Crippen molar-refractivity contribution in [1.29, 1.82) is 10.8 Å². The van der Waals surface area contributed by atoms with E-state index in [9.17, 15) is 8.42 Å². The fourth-order valence-corrected chi connectivity index (χ4v) is 4.65. The lowest BCUT2D eigenvalue weighted by Crippen LogP contribution is -2.20. The van der Waals surface area contributed by atoms with Crippen molar-refractivity contribution in [3.63, 3.8) is 0 Å². The van der Waals surface area contributed by atoms with E-state index in [4.69, 9.17) is 16.6 Å². The summed E-state index contributed by atoms with van der Waals surface area (Å²) in [6.07, 6.45) is 2.41. The summed E-state index contributed by atoms with van der Waals surface area (Å²) in [5.74, 6) is 0.753. The van der Waals surface area contributed by atoms with Crippen LogP contribution in [0.25, 0.3) is 0 Å². The predicted molar refractivity (Wildman–Crippen MR) is 97.8 cm³/mol. The summed E-state index contributed by atoms with van der Waals surface area (Å²) >= 11 is 2.38. The first-order chi connectivity index (χ1) is 10.2. The molecular formula is C14H21N3O2S3. The Kier molecular flexibility index (Phi) is 7.44. The molecule has 1 rings (SSSR count). The van der Waals surface area contributed by atoms with Crippen LogP contribution >= 0.6 is 23.5 Å². The smallest absolute Gasteiger partial charge is 0.160 e. The molecule has 5 nitrogen and oxygen atoms in total. The second kappa shape index (κ2) is 8.59. The number of benzene rings is 1. The number of amidine groups is 1. The number of hydrogen-bond acceptors (Lipinski definition) is 6. The number of rotatable bonds is 7. The van der Waals surface area contributed by atoms with Crippen molar-refractivity contribution in [3.8, 4) is 0 Å². The molecule has 22 heavy (non-hydrogen) atoms. The van der Waals surface area contributed by atoms with Crippen LogP contribution in [0.3, 0.4) is 0 Å². The van der Waals surface area contributed by atoms with Gasteiger partial charge in [0, 0.05) is 12.0 Å². The standard InChI is InChI=1S/C14H21N3O2S3/c1-10(15)21-13(22(2,18)19)9-12-5-3-11(4-6-12)7-8-20-14(16)17/h3-6,13,15H,7-9H2,1-2H3,(H3,16,17)/t13-/m1/s1. The molecule has 0 unspecified atom stereocenters. The average molecular weight is 360 g/mol. The number of aryl methyl sites for hydroxylation is 1. The molecule has 0 aliphatic carbocycles. The quantitative estimate of drug-likeness (QED) is 0.512. The zero-order chi connectivity index (χ0) is 16.8. The molecule has 0 aliphatic rings. The summed E-state index contributed by atoms with van der Waals surface area (Å²) in [5, 5.41) is 15.1. The Morgan fingerprint density at radius 2 is 1.77 bits per heavy atom. The molecule has 0 amide bonds. The lowest BCUT2D eigenvalue weighted by atomic mass is 10.1. The van der Waals surface area contributed by atoms with Gasteiger partial charge in [-0.25, -0.2) is 8.42 Å². The van der Waals surface area contributed by atoms with E-state index in [0.29, 0.717) is 11.5 Å². The molecule has 0 spiro atoms. The van der Waals surface area contributed by atoms with Gasteiger partial charge in [-0.1, -0.05) is 47.8 Å². The zero-order valence-electron chi connectivity index (χ0n) is 12.6. The highest BCUT2D eigenvalue weighted by molar-refractivity contribution is 8.22. The number of nitrogens with two attached hydrogens (primary N) is 1. The van der Waals surface area contributed by atoms with Gasteiger partial charge in [0.25, 0.3) is 0 Å². The number of nitrogens with one attached hydrogen (secondary N) is 2. The maximum absolute atomic E-state index is 11.8. The molecule has 0 radical (unpaired) electrons. The monoisotopic (exact) mass is 359 g/mol. The van der Waals surface area contributed by atoms with Crippen molar-refractivity contribution >= 4 is 43.6 Å². The minimum atomic E-state index is -3.21. The van der Waals surface area contributed by atoms with Crippen LogP contribution in [0.4, 0.5) is 0 Å². The first-order valence-electron chi connectivity index (χ1n) is 6.64. The van der Waals surface area contributed by atoms with Crippen molar-refractivity contribution < 1.29 is 8.42 Å². The van der Waals surface area contributed by atoms with E-state index in [1.54, 1.807) is 6.92 Å². The van der Waals surface area contributed by atoms with Crippen LogP contribution in [0.2, 0.25) is 0 Å². The van der Waals surface area contributed by atoms with Crippen molar-refractivity contribution in [3.05, 3.63) is 35.4 Å².